The van der Waals surface area contributed by atoms with Crippen LogP contribution >= 0.6 is 0 Å². The Morgan fingerprint density at radius 3 is 2.45 bits per heavy atom. The predicted octanol–water partition coefficient (Wildman–Crippen LogP) is 1.23. The van der Waals surface area contributed by atoms with Crippen molar-refractivity contribution in [3.63, 3.8) is 0 Å². The molecule has 0 heterocycles. The third-order valence-electron chi connectivity index (χ3n) is 3.55. The Kier molecular flexibility index (Phi) is 4.98. The number of ether oxygens (including phenoxy) is 1. The molecule has 1 aromatic carbocycles. The first-order valence-corrected chi connectivity index (χ1v) is 6.86. The number of rotatable bonds is 6. The van der Waals surface area contributed by atoms with Crippen molar-refractivity contribution in [1.29, 1.82) is 0 Å². The number of hydrogen-bond donors (Lipinski definition) is 2. The van der Waals surface area contributed by atoms with Gasteiger partial charge in [0.2, 0.25) is 11.8 Å². The van der Waals surface area contributed by atoms with Crippen LogP contribution in [0.15, 0.2) is 24.3 Å². The lowest BCUT2D eigenvalue weighted by atomic mass is 9.85. The van der Waals surface area contributed by atoms with Crippen LogP contribution in [0, 0.1) is 5.92 Å². The molecule has 1 saturated carbocycles. The van der Waals surface area contributed by atoms with Crippen LogP contribution in [0.3, 0.4) is 0 Å². The van der Waals surface area contributed by atoms with E-state index in [0.29, 0.717) is 6.54 Å². The van der Waals surface area contributed by atoms with Gasteiger partial charge in [0.1, 0.15) is 5.75 Å². The zero-order chi connectivity index (χ0) is 14.4. The maximum absolute atomic E-state index is 11.6. The number of nitrogens with one attached hydrogen (secondary N) is 2. The molecule has 2 rings (SSSR count). The fraction of sp³-hybridized carbons (Fsp3) is 0.467. The number of amides is 2. The van der Waals surface area contributed by atoms with Gasteiger partial charge in [-0.3, -0.25) is 9.59 Å². The maximum Gasteiger partial charge on any atom is 0.239 e. The van der Waals surface area contributed by atoms with Gasteiger partial charge in [-0.2, -0.15) is 0 Å². The fourth-order valence-corrected chi connectivity index (χ4v) is 1.99. The van der Waals surface area contributed by atoms with Gasteiger partial charge in [-0.05, 0) is 30.5 Å². The third-order valence-corrected chi connectivity index (χ3v) is 3.55. The van der Waals surface area contributed by atoms with Crippen LogP contribution in [0.5, 0.6) is 5.75 Å². The van der Waals surface area contributed by atoms with Gasteiger partial charge in [0.05, 0.1) is 13.7 Å². The van der Waals surface area contributed by atoms with Crippen LogP contribution in [-0.4, -0.2) is 25.5 Å². The third kappa shape index (κ3) is 3.98. The van der Waals surface area contributed by atoms with Crippen molar-refractivity contribution < 1.29 is 14.3 Å². The Labute approximate surface area is 118 Å². The second-order valence-electron chi connectivity index (χ2n) is 4.97. The first kappa shape index (κ1) is 14.4. The molecular formula is C15H20N2O3. The average Bonchev–Trinajstić information content (AvgIpc) is 2.41. The van der Waals surface area contributed by atoms with Crippen molar-refractivity contribution in [3.8, 4) is 5.75 Å². The van der Waals surface area contributed by atoms with Crippen LogP contribution < -0.4 is 15.4 Å². The van der Waals surface area contributed by atoms with E-state index in [2.05, 4.69) is 10.6 Å². The molecule has 108 valence electrons. The summed E-state index contributed by atoms with van der Waals surface area (Å²) in [4.78, 5) is 23.2. The van der Waals surface area contributed by atoms with E-state index in [1.54, 1.807) is 7.11 Å². The standard InChI is InChI=1S/C15H20N2O3/c1-20-13-7-5-11(6-8-13)9-16-14(18)10-17-15(19)12-3-2-4-12/h5-8,12H,2-4,9-10H2,1H3,(H,16,18)(H,17,19). The molecular weight excluding hydrogens is 256 g/mol. The Bertz CT molecular complexity index is 467. The molecule has 1 aliphatic rings. The molecule has 0 spiro atoms. The highest BCUT2D eigenvalue weighted by Gasteiger charge is 2.25. The Morgan fingerprint density at radius 2 is 1.90 bits per heavy atom. The molecule has 1 fully saturated rings. The fourth-order valence-electron chi connectivity index (χ4n) is 1.99. The van der Waals surface area contributed by atoms with Gasteiger partial charge in [-0.15, -0.1) is 0 Å². The highest BCUT2D eigenvalue weighted by molar-refractivity contribution is 5.86. The first-order chi connectivity index (χ1) is 9.69. The molecule has 0 aromatic heterocycles. The van der Waals surface area contributed by atoms with Gasteiger partial charge in [0.25, 0.3) is 0 Å². The van der Waals surface area contributed by atoms with E-state index in [1.165, 1.54) is 0 Å². The van der Waals surface area contributed by atoms with E-state index in [9.17, 15) is 9.59 Å². The maximum atomic E-state index is 11.6. The van der Waals surface area contributed by atoms with Crippen molar-refractivity contribution in [3.05, 3.63) is 29.8 Å². The Balaban J connectivity index is 1.67. The lowest BCUT2D eigenvalue weighted by Crippen LogP contribution is -2.41. The Hall–Kier alpha value is -2.04. The van der Waals surface area contributed by atoms with E-state index in [1.807, 2.05) is 24.3 Å². The van der Waals surface area contributed by atoms with Crippen molar-refractivity contribution in [2.24, 2.45) is 5.92 Å². The minimum absolute atomic E-state index is 0.00384. The first-order valence-electron chi connectivity index (χ1n) is 6.86. The molecule has 5 heteroatoms. The van der Waals surface area contributed by atoms with Gasteiger partial charge in [0.15, 0.2) is 0 Å². The van der Waals surface area contributed by atoms with Crippen LogP contribution in [0.4, 0.5) is 0 Å². The summed E-state index contributed by atoms with van der Waals surface area (Å²) in [6.45, 7) is 0.494. The smallest absolute Gasteiger partial charge is 0.239 e. The molecule has 0 bridgehead atoms. The second-order valence-corrected chi connectivity index (χ2v) is 4.97. The van der Waals surface area contributed by atoms with Crippen LogP contribution in [-0.2, 0) is 16.1 Å². The second kappa shape index (κ2) is 6.93. The highest BCUT2D eigenvalue weighted by Crippen LogP contribution is 2.25. The summed E-state index contributed by atoms with van der Waals surface area (Å²) in [5.41, 5.74) is 0.990. The van der Waals surface area contributed by atoms with Gasteiger partial charge in [-0.25, -0.2) is 0 Å². The van der Waals surface area contributed by atoms with E-state index in [4.69, 9.17) is 4.74 Å². The summed E-state index contributed by atoms with van der Waals surface area (Å²) in [5, 5.41) is 5.44. The molecule has 2 amide bonds. The number of hydrogen-bond acceptors (Lipinski definition) is 3. The minimum atomic E-state index is -0.173. The summed E-state index contributed by atoms with van der Waals surface area (Å²) >= 11 is 0. The van der Waals surface area contributed by atoms with E-state index in [-0.39, 0.29) is 24.3 Å². The van der Waals surface area contributed by atoms with Gasteiger partial charge < -0.3 is 15.4 Å². The average molecular weight is 276 g/mol. The molecule has 1 aromatic rings. The largest absolute Gasteiger partial charge is 0.497 e. The molecule has 5 nitrogen and oxygen atoms in total. The zero-order valence-corrected chi connectivity index (χ0v) is 11.6. The van der Waals surface area contributed by atoms with E-state index in [0.717, 1.165) is 30.6 Å². The zero-order valence-electron chi connectivity index (χ0n) is 11.6. The predicted molar refractivity (Wildman–Crippen MR) is 75.2 cm³/mol. The molecule has 0 unspecified atom stereocenters. The molecule has 0 radical (unpaired) electrons. The lowest BCUT2D eigenvalue weighted by molar-refractivity contribution is -0.130. The molecule has 20 heavy (non-hydrogen) atoms. The summed E-state index contributed by atoms with van der Waals surface area (Å²) in [5.74, 6) is 0.724. The van der Waals surface area contributed by atoms with Gasteiger partial charge in [0, 0.05) is 12.5 Å². The van der Waals surface area contributed by atoms with Crippen molar-refractivity contribution in [2.45, 2.75) is 25.8 Å². The molecule has 2 N–H and O–H groups in total. The van der Waals surface area contributed by atoms with Crippen molar-refractivity contribution in [1.82, 2.24) is 10.6 Å². The summed E-state index contributed by atoms with van der Waals surface area (Å²) in [6.07, 6.45) is 3.00. The lowest BCUT2D eigenvalue weighted by Gasteiger charge is -2.23. The topological polar surface area (TPSA) is 67.4 Å². The Morgan fingerprint density at radius 1 is 1.20 bits per heavy atom. The molecule has 1 aliphatic carbocycles. The number of methoxy groups -OCH3 is 1. The summed E-state index contributed by atoms with van der Waals surface area (Å²) < 4.78 is 5.06. The van der Waals surface area contributed by atoms with E-state index >= 15 is 0 Å². The highest BCUT2D eigenvalue weighted by atomic mass is 16.5. The summed E-state index contributed by atoms with van der Waals surface area (Å²) in [6, 6.07) is 7.48. The molecule has 0 aliphatic heterocycles. The quantitative estimate of drug-likeness (QED) is 0.821. The normalized spacial score (nSPS) is 14.2. The van der Waals surface area contributed by atoms with E-state index < -0.39 is 0 Å². The summed E-state index contributed by atoms with van der Waals surface area (Å²) in [7, 11) is 1.61. The number of carbonyl (C=O) groups excluding carboxylic acids is 2. The van der Waals surface area contributed by atoms with Crippen LogP contribution in [0.1, 0.15) is 24.8 Å². The van der Waals surface area contributed by atoms with Crippen LogP contribution in [0.25, 0.3) is 0 Å². The van der Waals surface area contributed by atoms with Gasteiger partial charge in [-0.1, -0.05) is 18.6 Å². The number of carbonyl (C=O) groups is 2. The van der Waals surface area contributed by atoms with Gasteiger partial charge >= 0.3 is 0 Å². The SMILES string of the molecule is COc1ccc(CNC(=O)CNC(=O)C2CCC2)cc1. The van der Waals surface area contributed by atoms with Crippen LogP contribution in [0.2, 0.25) is 0 Å². The molecule has 0 atom stereocenters. The van der Waals surface area contributed by atoms with Crippen molar-refractivity contribution >= 4 is 11.8 Å². The monoisotopic (exact) mass is 276 g/mol. The minimum Gasteiger partial charge on any atom is -0.497 e. The molecule has 0 saturated heterocycles. The van der Waals surface area contributed by atoms with Crippen molar-refractivity contribution in [2.75, 3.05) is 13.7 Å². The number of benzene rings is 1.